The van der Waals surface area contributed by atoms with Crippen molar-refractivity contribution in [3.63, 3.8) is 0 Å². The van der Waals surface area contributed by atoms with E-state index in [0.29, 0.717) is 6.42 Å². The zero-order valence-electron chi connectivity index (χ0n) is 13.1. The van der Waals surface area contributed by atoms with Crippen molar-refractivity contribution in [2.75, 3.05) is 33.2 Å². The van der Waals surface area contributed by atoms with Crippen molar-refractivity contribution in [2.24, 2.45) is 5.92 Å². The maximum atomic E-state index is 11.7. The largest absolute Gasteiger partial charge is 0.354 e. The average molecular weight is 269 g/mol. The molecular weight excluding hydrogens is 238 g/mol. The van der Waals surface area contributed by atoms with Crippen molar-refractivity contribution >= 4 is 5.91 Å². The first-order valence-electron chi connectivity index (χ1n) is 7.66. The first-order valence-corrected chi connectivity index (χ1v) is 7.66. The Labute approximate surface area is 118 Å². The molecule has 1 rings (SSSR count). The fourth-order valence-electron chi connectivity index (χ4n) is 2.70. The minimum Gasteiger partial charge on any atom is -0.354 e. The molecule has 2 N–H and O–H groups in total. The van der Waals surface area contributed by atoms with Gasteiger partial charge in [0.2, 0.25) is 5.91 Å². The fraction of sp³-hybridized carbons (Fsp3) is 0.933. The van der Waals surface area contributed by atoms with Gasteiger partial charge in [0.15, 0.2) is 0 Å². The zero-order valence-corrected chi connectivity index (χ0v) is 13.1. The first-order chi connectivity index (χ1) is 8.99. The Morgan fingerprint density at radius 3 is 2.79 bits per heavy atom. The molecule has 0 aromatic carbocycles. The third-order valence-corrected chi connectivity index (χ3v) is 4.27. The molecule has 0 radical (unpaired) electrons. The molecule has 1 unspecified atom stereocenters. The Bertz CT molecular complexity index is 279. The molecule has 0 aliphatic carbocycles. The van der Waals surface area contributed by atoms with Crippen molar-refractivity contribution in [3.05, 3.63) is 0 Å². The summed E-state index contributed by atoms with van der Waals surface area (Å²) in [5.41, 5.74) is 0.0587. The Kier molecular flexibility index (Phi) is 6.80. The Balaban J connectivity index is 2.39. The molecular formula is C15H31N3O. The predicted molar refractivity (Wildman–Crippen MR) is 80.2 cm³/mol. The van der Waals surface area contributed by atoms with Gasteiger partial charge in [-0.1, -0.05) is 13.3 Å². The summed E-state index contributed by atoms with van der Waals surface area (Å²) in [4.78, 5) is 14.2. The van der Waals surface area contributed by atoms with Crippen molar-refractivity contribution in [3.8, 4) is 0 Å². The number of piperidine rings is 1. The molecule has 4 nitrogen and oxygen atoms in total. The number of hydrogen-bond donors (Lipinski definition) is 2. The highest BCUT2D eigenvalue weighted by atomic mass is 16.1. The van der Waals surface area contributed by atoms with Crippen LogP contribution >= 0.6 is 0 Å². The van der Waals surface area contributed by atoms with E-state index in [1.165, 1.54) is 25.8 Å². The number of nitrogens with one attached hydrogen (secondary N) is 2. The molecule has 19 heavy (non-hydrogen) atoms. The van der Waals surface area contributed by atoms with Gasteiger partial charge in [-0.05, 0) is 46.2 Å². The molecule has 1 aliphatic heterocycles. The van der Waals surface area contributed by atoms with Crippen LogP contribution in [0.2, 0.25) is 0 Å². The van der Waals surface area contributed by atoms with Crippen LogP contribution in [0.5, 0.6) is 0 Å². The SMILES string of the molecule is CCC1CCCN(C(C)(C)CNC(=O)CCNC)C1. The van der Waals surface area contributed by atoms with Gasteiger partial charge in [-0.3, -0.25) is 9.69 Å². The summed E-state index contributed by atoms with van der Waals surface area (Å²) >= 11 is 0. The highest BCUT2D eigenvalue weighted by molar-refractivity contribution is 5.76. The molecule has 0 saturated carbocycles. The lowest BCUT2D eigenvalue weighted by atomic mass is 9.91. The van der Waals surface area contributed by atoms with E-state index in [4.69, 9.17) is 0 Å². The second-order valence-electron chi connectivity index (χ2n) is 6.31. The van der Waals surface area contributed by atoms with Gasteiger partial charge in [0.1, 0.15) is 0 Å². The molecule has 112 valence electrons. The Morgan fingerprint density at radius 2 is 2.16 bits per heavy atom. The van der Waals surface area contributed by atoms with E-state index < -0.39 is 0 Å². The lowest BCUT2D eigenvalue weighted by molar-refractivity contribution is -0.121. The monoisotopic (exact) mass is 269 g/mol. The molecule has 1 heterocycles. The summed E-state index contributed by atoms with van der Waals surface area (Å²) < 4.78 is 0. The summed E-state index contributed by atoms with van der Waals surface area (Å²) in [6.07, 6.45) is 4.47. The van der Waals surface area contributed by atoms with Crippen LogP contribution in [0, 0.1) is 5.92 Å². The molecule has 0 aromatic rings. The molecule has 4 heteroatoms. The van der Waals surface area contributed by atoms with Gasteiger partial charge in [-0.25, -0.2) is 0 Å². The van der Waals surface area contributed by atoms with Gasteiger partial charge in [-0.15, -0.1) is 0 Å². The van der Waals surface area contributed by atoms with Crippen molar-refractivity contribution in [2.45, 2.75) is 52.0 Å². The summed E-state index contributed by atoms with van der Waals surface area (Å²) in [5, 5.41) is 6.07. The average Bonchev–Trinajstić information content (AvgIpc) is 2.43. The van der Waals surface area contributed by atoms with E-state index in [9.17, 15) is 4.79 Å². The molecule has 1 fully saturated rings. The van der Waals surface area contributed by atoms with Crippen LogP contribution < -0.4 is 10.6 Å². The standard InChI is InChI=1S/C15H31N3O/c1-5-13-7-6-10-18(11-13)15(2,3)12-17-14(19)8-9-16-4/h13,16H,5-12H2,1-4H3,(H,17,19). The second kappa shape index (κ2) is 7.85. The van der Waals surface area contributed by atoms with Crippen LogP contribution in [0.25, 0.3) is 0 Å². The third-order valence-electron chi connectivity index (χ3n) is 4.27. The smallest absolute Gasteiger partial charge is 0.221 e. The van der Waals surface area contributed by atoms with E-state index >= 15 is 0 Å². The van der Waals surface area contributed by atoms with Gasteiger partial charge in [-0.2, -0.15) is 0 Å². The van der Waals surface area contributed by atoms with Crippen LogP contribution in [-0.2, 0) is 4.79 Å². The van der Waals surface area contributed by atoms with Gasteiger partial charge in [0, 0.05) is 31.6 Å². The number of carbonyl (C=O) groups is 1. The van der Waals surface area contributed by atoms with E-state index in [2.05, 4.69) is 36.3 Å². The lowest BCUT2D eigenvalue weighted by Crippen LogP contribution is -2.55. The van der Waals surface area contributed by atoms with Crippen LogP contribution in [0.1, 0.15) is 46.5 Å². The predicted octanol–water partition coefficient (Wildman–Crippen LogP) is 1.61. The topological polar surface area (TPSA) is 44.4 Å². The maximum absolute atomic E-state index is 11.7. The van der Waals surface area contributed by atoms with Crippen LogP contribution in [0.3, 0.4) is 0 Å². The Morgan fingerprint density at radius 1 is 1.42 bits per heavy atom. The van der Waals surface area contributed by atoms with Crippen molar-refractivity contribution in [1.82, 2.24) is 15.5 Å². The van der Waals surface area contributed by atoms with E-state index in [1.54, 1.807) is 0 Å². The fourth-order valence-corrected chi connectivity index (χ4v) is 2.70. The number of likely N-dealkylation sites (tertiary alicyclic amines) is 1. The van der Waals surface area contributed by atoms with E-state index in [1.807, 2.05) is 7.05 Å². The normalized spacial score (nSPS) is 21.4. The van der Waals surface area contributed by atoms with Gasteiger partial charge >= 0.3 is 0 Å². The summed E-state index contributed by atoms with van der Waals surface area (Å²) in [6, 6.07) is 0. The van der Waals surface area contributed by atoms with Gasteiger partial charge < -0.3 is 10.6 Å². The highest BCUT2D eigenvalue weighted by Gasteiger charge is 2.30. The summed E-state index contributed by atoms with van der Waals surface area (Å²) in [7, 11) is 1.87. The summed E-state index contributed by atoms with van der Waals surface area (Å²) in [6.45, 7) is 10.6. The zero-order chi connectivity index (χ0) is 14.3. The highest BCUT2D eigenvalue weighted by Crippen LogP contribution is 2.25. The quantitative estimate of drug-likeness (QED) is 0.738. The number of nitrogens with zero attached hydrogens (tertiary/aromatic N) is 1. The minimum absolute atomic E-state index is 0.0587. The number of hydrogen-bond acceptors (Lipinski definition) is 3. The van der Waals surface area contributed by atoms with Crippen LogP contribution in [0.4, 0.5) is 0 Å². The van der Waals surface area contributed by atoms with Gasteiger partial charge in [0.05, 0.1) is 0 Å². The van der Waals surface area contributed by atoms with Crippen molar-refractivity contribution < 1.29 is 4.79 Å². The molecule has 0 aromatic heterocycles. The minimum atomic E-state index is 0.0587. The molecule has 1 saturated heterocycles. The number of carbonyl (C=O) groups excluding carboxylic acids is 1. The summed E-state index contributed by atoms with van der Waals surface area (Å²) in [5.74, 6) is 0.972. The molecule has 0 bridgehead atoms. The van der Waals surface area contributed by atoms with Crippen LogP contribution in [-0.4, -0.2) is 49.6 Å². The molecule has 1 atom stereocenters. The number of rotatable bonds is 7. The molecule has 1 amide bonds. The third kappa shape index (κ3) is 5.49. The molecule has 0 spiro atoms. The number of amides is 1. The lowest BCUT2D eigenvalue weighted by Gasteiger charge is -2.43. The van der Waals surface area contributed by atoms with E-state index in [0.717, 1.165) is 25.6 Å². The second-order valence-corrected chi connectivity index (χ2v) is 6.31. The molecule has 1 aliphatic rings. The van der Waals surface area contributed by atoms with Crippen LogP contribution in [0.15, 0.2) is 0 Å². The maximum Gasteiger partial charge on any atom is 0.221 e. The first kappa shape index (κ1) is 16.4. The Hall–Kier alpha value is -0.610. The van der Waals surface area contributed by atoms with Gasteiger partial charge in [0.25, 0.3) is 0 Å². The van der Waals surface area contributed by atoms with E-state index in [-0.39, 0.29) is 11.4 Å². The van der Waals surface area contributed by atoms with Crippen molar-refractivity contribution in [1.29, 1.82) is 0 Å².